The zero-order valence-electron chi connectivity index (χ0n) is 17.8. The monoisotopic (exact) mass is 439 g/mol. The lowest BCUT2D eigenvalue weighted by atomic mass is 10.1. The number of Topliss-reactive ketones (excluding diaryl/α,β-unsaturated/α-hetero) is 1. The third-order valence-corrected chi connectivity index (χ3v) is 9.90. The Kier molecular flexibility index (Phi) is 6.58. The van der Waals surface area contributed by atoms with Gasteiger partial charge in [0, 0.05) is 5.56 Å². The molecule has 32 heavy (non-hydrogen) atoms. The Morgan fingerprint density at radius 1 is 0.594 bits per heavy atom. The van der Waals surface area contributed by atoms with Crippen molar-refractivity contribution in [3.8, 4) is 0 Å². The highest BCUT2D eigenvalue weighted by molar-refractivity contribution is 7.96. The third-order valence-electron chi connectivity index (χ3n) is 5.60. The van der Waals surface area contributed by atoms with Gasteiger partial charge >= 0.3 is 5.97 Å². The van der Waals surface area contributed by atoms with E-state index < -0.39 is 13.2 Å². The fourth-order valence-electron chi connectivity index (χ4n) is 3.99. The summed E-state index contributed by atoms with van der Waals surface area (Å²) in [5.41, 5.74) is 1.02. The molecule has 0 atom stereocenters. The lowest BCUT2D eigenvalue weighted by molar-refractivity contribution is 0.0600. The molecule has 158 valence electrons. The Morgan fingerprint density at radius 3 is 1.34 bits per heavy atom. The van der Waals surface area contributed by atoms with Crippen LogP contribution in [0.2, 0.25) is 0 Å². The molecule has 4 aromatic rings. The summed E-state index contributed by atoms with van der Waals surface area (Å²) >= 11 is 0. The van der Waals surface area contributed by atoms with Crippen LogP contribution in [0.15, 0.2) is 115 Å². The van der Waals surface area contributed by atoms with Gasteiger partial charge in [-0.2, -0.15) is 0 Å². The van der Waals surface area contributed by atoms with Gasteiger partial charge in [-0.3, -0.25) is 4.79 Å². The first kappa shape index (κ1) is 21.7. The molecule has 0 saturated carbocycles. The predicted molar refractivity (Wildman–Crippen MR) is 132 cm³/mol. The van der Waals surface area contributed by atoms with Crippen LogP contribution in [0.1, 0.15) is 20.7 Å². The van der Waals surface area contributed by atoms with Crippen LogP contribution in [0, 0.1) is 0 Å². The van der Waals surface area contributed by atoms with Crippen molar-refractivity contribution in [3.63, 3.8) is 0 Å². The van der Waals surface area contributed by atoms with Crippen LogP contribution in [0.25, 0.3) is 0 Å². The van der Waals surface area contributed by atoms with Crippen LogP contribution in [-0.4, -0.2) is 25.0 Å². The van der Waals surface area contributed by atoms with E-state index in [1.807, 2.05) is 54.6 Å². The maximum absolute atomic E-state index is 13.6. The van der Waals surface area contributed by atoms with Gasteiger partial charge in [0.25, 0.3) is 0 Å². The van der Waals surface area contributed by atoms with E-state index in [4.69, 9.17) is 4.74 Å². The first-order chi connectivity index (χ1) is 15.6. The van der Waals surface area contributed by atoms with Crippen molar-refractivity contribution < 1.29 is 14.3 Å². The van der Waals surface area contributed by atoms with Crippen LogP contribution < -0.4 is 15.9 Å². The van der Waals surface area contributed by atoms with Crippen LogP contribution in [-0.2, 0) is 4.74 Å². The van der Waals surface area contributed by atoms with Gasteiger partial charge in [0.1, 0.15) is 29.3 Å². The smallest absolute Gasteiger partial charge is 0.337 e. The molecule has 4 rings (SSSR count). The Bertz CT molecular complexity index is 1090. The molecule has 0 spiro atoms. The minimum Gasteiger partial charge on any atom is -0.465 e. The summed E-state index contributed by atoms with van der Waals surface area (Å²) in [6.45, 7) is 0. The Morgan fingerprint density at radius 2 is 0.969 bits per heavy atom. The number of carbonyl (C=O) groups excluding carboxylic acids is 2. The average Bonchev–Trinajstić information content (AvgIpc) is 2.88. The van der Waals surface area contributed by atoms with Gasteiger partial charge in [0.2, 0.25) is 5.78 Å². The summed E-state index contributed by atoms with van der Waals surface area (Å²) in [5.74, 6) is -0.366. The second kappa shape index (κ2) is 9.72. The quantitative estimate of drug-likeness (QED) is 0.239. The second-order valence-corrected chi connectivity index (χ2v) is 11.0. The molecular weight excluding hydrogens is 415 g/mol. The fourth-order valence-corrected chi connectivity index (χ4v) is 8.08. The molecule has 4 heteroatoms. The number of carbonyl (C=O) groups is 2. The first-order valence-corrected chi connectivity index (χ1v) is 12.4. The van der Waals surface area contributed by atoms with E-state index in [0.29, 0.717) is 17.3 Å². The van der Waals surface area contributed by atoms with E-state index in [0.717, 1.165) is 15.9 Å². The summed E-state index contributed by atoms with van der Waals surface area (Å²) in [5, 5.41) is 3.49. The summed E-state index contributed by atoms with van der Waals surface area (Å²) in [6, 6.07) is 37.7. The number of hydrogen-bond donors (Lipinski definition) is 0. The highest BCUT2D eigenvalue weighted by Crippen LogP contribution is 2.55. The van der Waals surface area contributed by atoms with Crippen molar-refractivity contribution in [3.05, 3.63) is 126 Å². The van der Waals surface area contributed by atoms with Crippen molar-refractivity contribution in [1.82, 2.24) is 0 Å². The number of benzene rings is 4. The Hall–Kier alpha value is -3.55. The van der Waals surface area contributed by atoms with Gasteiger partial charge in [-0.25, -0.2) is 4.79 Å². The molecule has 0 N–H and O–H groups in total. The van der Waals surface area contributed by atoms with Crippen molar-refractivity contribution in [2.45, 2.75) is 0 Å². The molecule has 0 aromatic heterocycles. The lowest BCUT2D eigenvalue weighted by Crippen LogP contribution is -2.35. The van der Waals surface area contributed by atoms with Gasteiger partial charge in [-0.1, -0.05) is 66.7 Å². The molecule has 0 aliphatic heterocycles. The molecule has 0 unspecified atom stereocenters. The molecule has 0 saturated heterocycles. The molecule has 3 nitrogen and oxygen atoms in total. The topological polar surface area (TPSA) is 43.4 Å². The van der Waals surface area contributed by atoms with Crippen molar-refractivity contribution >= 4 is 34.9 Å². The summed E-state index contributed by atoms with van der Waals surface area (Å²) in [6.07, 6.45) is 0.364. The van der Waals surface area contributed by atoms with E-state index >= 15 is 0 Å². The van der Waals surface area contributed by atoms with Crippen molar-refractivity contribution in [1.29, 1.82) is 0 Å². The van der Waals surface area contributed by atoms with Gasteiger partial charge in [0.05, 0.1) is 12.7 Å². The van der Waals surface area contributed by atoms with Crippen LogP contribution in [0.5, 0.6) is 0 Å². The zero-order valence-corrected chi connectivity index (χ0v) is 18.7. The van der Waals surface area contributed by atoms with Crippen molar-refractivity contribution in [2.75, 3.05) is 13.3 Å². The maximum Gasteiger partial charge on any atom is 0.337 e. The highest BCUT2D eigenvalue weighted by atomic mass is 31.2. The molecular formula is C28H24O3P+. The first-order valence-electron chi connectivity index (χ1n) is 10.4. The van der Waals surface area contributed by atoms with Gasteiger partial charge in [0.15, 0.2) is 0 Å². The largest absolute Gasteiger partial charge is 0.465 e. The van der Waals surface area contributed by atoms with Gasteiger partial charge in [-0.15, -0.1) is 0 Å². The average molecular weight is 439 g/mol. The molecule has 0 bridgehead atoms. The third kappa shape index (κ3) is 4.26. The lowest BCUT2D eigenvalue weighted by Gasteiger charge is -2.27. The minimum absolute atomic E-state index is 0.0475. The van der Waals surface area contributed by atoms with E-state index in [2.05, 4.69) is 36.4 Å². The van der Waals surface area contributed by atoms with Crippen LogP contribution in [0.4, 0.5) is 0 Å². The van der Waals surface area contributed by atoms with Gasteiger partial charge < -0.3 is 4.74 Å². The molecule has 0 radical (unpaired) electrons. The zero-order chi connectivity index (χ0) is 22.4. The summed E-state index contributed by atoms with van der Waals surface area (Å²) in [4.78, 5) is 25.4. The molecule has 4 aromatic carbocycles. The number of methoxy groups -OCH3 is 1. The molecule has 0 aliphatic rings. The Labute approximate surface area is 189 Å². The minimum atomic E-state index is -2.25. The van der Waals surface area contributed by atoms with E-state index in [-0.39, 0.29) is 5.78 Å². The second-order valence-electron chi connectivity index (χ2n) is 7.47. The standard InChI is InChI=1S/C28H24O3P/c1-31-28(30)23-19-17-22(18-20-23)27(29)21-32(24-11-5-2-6-12-24,25-13-7-3-8-14-25)26-15-9-4-10-16-26/h2-20H,21H2,1H3/q+1. The molecule has 0 heterocycles. The number of ether oxygens (including phenoxy) is 1. The Balaban J connectivity index is 1.84. The number of rotatable bonds is 7. The summed E-state index contributed by atoms with van der Waals surface area (Å²) < 4.78 is 4.77. The van der Waals surface area contributed by atoms with E-state index in [1.54, 1.807) is 24.3 Å². The maximum atomic E-state index is 13.6. The predicted octanol–water partition coefficient (Wildman–Crippen LogP) is 4.65. The molecule has 0 fully saturated rings. The van der Waals surface area contributed by atoms with E-state index in [9.17, 15) is 9.59 Å². The van der Waals surface area contributed by atoms with Crippen molar-refractivity contribution in [2.24, 2.45) is 0 Å². The van der Waals surface area contributed by atoms with E-state index in [1.165, 1.54) is 7.11 Å². The normalized spacial score (nSPS) is 11.0. The van der Waals surface area contributed by atoms with Gasteiger partial charge in [-0.05, 0) is 48.5 Å². The number of esters is 1. The summed E-state index contributed by atoms with van der Waals surface area (Å²) in [7, 11) is -0.906. The highest BCUT2D eigenvalue weighted by Gasteiger charge is 2.47. The van der Waals surface area contributed by atoms with Crippen LogP contribution >= 0.6 is 7.26 Å². The fraction of sp³-hybridized carbons (Fsp3) is 0.0714. The molecule has 0 aliphatic carbocycles. The van der Waals surface area contributed by atoms with Crippen LogP contribution in [0.3, 0.4) is 0 Å². The SMILES string of the molecule is COC(=O)c1ccc(C(=O)C[P+](c2ccccc2)(c2ccccc2)c2ccccc2)cc1. The number of hydrogen-bond acceptors (Lipinski definition) is 3. The number of ketones is 1. The molecule has 0 amide bonds.